The topological polar surface area (TPSA) is 38.5 Å². The second-order valence-corrected chi connectivity index (χ2v) is 5.81. The van der Waals surface area contributed by atoms with Crippen molar-refractivity contribution in [3.63, 3.8) is 0 Å². The van der Waals surface area contributed by atoms with Gasteiger partial charge in [-0.3, -0.25) is 0 Å². The van der Waals surface area contributed by atoms with E-state index in [1.165, 1.54) is 18.4 Å². The fourth-order valence-electron chi connectivity index (χ4n) is 2.53. The summed E-state index contributed by atoms with van der Waals surface area (Å²) in [6.07, 6.45) is 3.63. The Morgan fingerprint density at radius 2 is 2.05 bits per heavy atom. The van der Waals surface area contributed by atoms with Crippen LogP contribution in [0.1, 0.15) is 25.3 Å². The Kier molecular flexibility index (Phi) is 4.83. The summed E-state index contributed by atoms with van der Waals surface area (Å²) in [4.78, 5) is 2.37. The minimum Gasteiger partial charge on any atom is -0.496 e. The number of likely N-dealkylation sites (N-methyl/N-ethyl adjacent to an activating group) is 1. The Hall–Kier alpha value is -1.06. The van der Waals surface area contributed by atoms with Crippen LogP contribution in [0, 0.1) is 5.92 Å². The standard InChI is InChI=1S/C16H26N2O/c1-12(18(2)11-15(17)13-8-9-13)10-14-6-4-5-7-16(14)19-3/h4-7,12-13,15H,8-11,17H2,1-3H3. The van der Waals surface area contributed by atoms with Crippen LogP contribution >= 0.6 is 0 Å². The van der Waals surface area contributed by atoms with Gasteiger partial charge in [0.05, 0.1) is 7.11 Å². The zero-order valence-electron chi connectivity index (χ0n) is 12.3. The zero-order valence-corrected chi connectivity index (χ0v) is 12.3. The lowest BCUT2D eigenvalue weighted by atomic mass is 10.0. The van der Waals surface area contributed by atoms with Gasteiger partial charge in [-0.2, -0.15) is 0 Å². The molecule has 1 fully saturated rings. The van der Waals surface area contributed by atoms with E-state index >= 15 is 0 Å². The number of methoxy groups -OCH3 is 1. The molecule has 0 radical (unpaired) electrons. The van der Waals surface area contributed by atoms with E-state index in [4.69, 9.17) is 10.5 Å². The molecule has 0 aromatic heterocycles. The van der Waals surface area contributed by atoms with Gasteiger partial charge >= 0.3 is 0 Å². The number of nitrogens with zero attached hydrogens (tertiary/aromatic N) is 1. The van der Waals surface area contributed by atoms with Gasteiger partial charge in [0.25, 0.3) is 0 Å². The molecule has 3 heteroatoms. The summed E-state index contributed by atoms with van der Waals surface area (Å²) >= 11 is 0. The molecular weight excluding hydrogens is 236 g/mol. The Bertz CT molecular complexity index is 403. The second-order valence-electron chi connectivity index (χ2n) is 5.81. The van der Waals surface area contributed by atoms with Crippen molar-refractivity contribution >= 4 is 0 Å². The van der Waals surface area contributed by atoms with E-state index in [9.17, 15) is 0 Å². The average molecular weight is 262 g/mol. The van der Waals surface area contributed by atoms with Crippen molar-refractivity contribution in [3.05, 3.63) is 29.8 Å². The molecule has 1 aromatic carbocycles. The predicted octanol–water partition coefficient (Wildman–Crippen LogP) is 2.30. The van der Waals surface area contributed by atoms with Gasteiger partial charge in [-0.25, -0.2) is 0 Å². The summed E-state index contributed by atoms with van der Waals surface area (Å²) in [5.41, 5.74) is 7.47. The number of rotatable bonds is 7. The molecule has 2 atom stereocenters. The molecular formula is C16H26N2O. The average Bonchev–Trinajstić information content (AvgIpc) is 3.23. The molecule has 1 aliphatic carbocycles. The van der Waals surface area contributed by atoms with Crippen molar-refractivity contribution in [2.75, 3.05) is 20.7 Å². The van der Waals surface area contributed by atoms with Crippen LogP contribution in [0.3, 0.4) is 0 Å². The minimum absolute atomic E-state index is 0.338. The maximum Gasteiger partial charge on any atom is 0.122 e. The molecule has 2 N–H and O–H groups in total. The minimum atomic E-state index is 0.338. The van der Waals surface area contributed by atoms with Gasteiger partial charge in [-0.1, -0.05) is 18.2 Å². The van der Waals surface area contributed by atoms with Crippen LogP contribution in [0.25, 0.3) is 0 Å². The predicted molar refractivity (Wildman–Crippen MR) is 79.5 cm³/mol. The van der Waals surface area contributed by atoms with E-state index in [1.54, 1.807) is 7.11 Å². The fourth-order valence-corrected chi connectivity index (χ4v) is 2.53. The maximum absolute atomic E-state index is 6.20. The lowest BCUT2D eigenvalue weighted by Crippen LogP contribution is -2.41. The number of ether oxygens (including phenoxy) is 1. The van der Waals surface area contributed by atoms with Crippen LogP contribution in [0.4, 0.5) is 0 Å². The summed E-state index contributed by atoms with van der Waals surface area (Å²) in [7, 11) is 3.90. The van der Waals surface area contributed by atoms with E-state index in [0.717, 1.165) is 24.6 Å². The lowest BCUT2D eigenvalue weighted by molar-refractivity contribution is 0.232. The van der Waals surface area contributed by atoms with Crippen LogP contribution in [-0.4, -0.2) is 37.7 Å². The first-order chi connectivity index (χ1) is 9.11. The zero-order chi connectivity index (χ0) is 13.8. The molecule has 106 valence electrons. The molecule has 1 aromatic rings. The van der Waals surface area contributed by atoms with Gasteiger partial charge in [0.15, 0.2) is 0 Å². The Labute approximate surface area is 116 Å². The molecule has 2 unspecified atom stereocenters. The fraction of sp³-hybridized carbons (Fsp3) is 0.625. The highest BCUT2D eigenvalue weighted by Crippen LogP contribution is 2.32. The molecule has 0 saturated heterocycles. The summed E-state index contributed by atoms with van der Waals surface area (Å²) in [5, 5.41) is 0. The van der Waals surface area contributed by atoms with Crippen LogP contribution in [0.2, 0.25) is 0 Å². The third kappa shape index (κ3) is 3.95. The van der Waals surface area contributed by atoms with E-state index in [1.807, 2.05) is 12.1 Å². The van der Waals surface area contributed by atoms with Gasteiger partial charge in [0.1, 0.15) is 5.75 Å². The second kappa shape index (κ2) is 6.40. The van der Waals surface area contributed by atoms with E-state index in [0.29, 0.717) is 12.1 Å². The highest BCUT2D eigenvalue weighted by Gasteiger charge is 2.29. The largest absolute Gasteiger partial charge is 0.496 e. The van der Waals surface area contributed by atoms with Crippen LogP contribution in [0.15, 0.2) is 24.3 Å². The van der Waals surface area contributed by atoms with Crippen molar-refractivity contribution in [2.24, 2.45) is 11.7 Å². The molecule has 0 spiro atoms. The molecule has 19 heavy (non-hydrogen) atoms. The van der Waals surface area contributed by atoms with Crippen LogP contribution in [-0.2, 0) is 6.42 Å². The molecule has 0 heterocycles. The Balaban J connectivity index is 1.89. The van der Waals surface area contributed by atoms with Crippen molar-refractivity contribution in [1.29, 1.82) is 0 Å². The van der Waals surface area contributed by atoms with Crippen LogP contribution in [0.5, 0.6) is 5.75 Å². The Morgan fingerprint density at radius 1 is 1.37 bits per heavy atom. The molecule has 1 saturated carbocycles. The van der Waals surface area contributed by atoms with Crippen molar-refractivity contribution in [2.45, 2.75) is 38.3 Å². The number of benzene rings is 1. The maximum atomic E-state index is 6.20. The van der Waals surface area contributed by atoms with Gasteiger partial charge in [0.2, 0.25) is 0 Å². The smallest absolute Gasteiger partial charge is 0.122 e. The van der Waals surface area contributed by atoms with E-state index in [-0.39, 0.29) is 0 Å². The monoisotopic (exact) mass is 262 g/mol. The SMILES string of the molecule is COc1ccccc1CC(C)N(C)CC(N)C1CC1. The molecule has 3 nitrogen and oxygen atoms in total. The van der Waals surface area contributed by atoms with Crippen molar-refractivity contribution in [3.8, 4) is 5.75 Å². The molecule has 2 rings (SSSR count). The first-order valence-electron chi connectivity index (χ1n) is 7.19. The number of para-hydroxylation sites is 1. The Morgan fingerprint density at radius 3 is 2.68 bits per heavy atom. The quantitative estimate of drug-likeness (QED) is 0.819. The van der Waals surface area contributed by atoms with Crippen LogP contribution < -0.4 is 10.5 Å². The summed E-state index contributed by atoms with van der Waals surface area (Å²) in [5.74, 6) is 1.75. The summed E-state index contributed by atoms with van der Waals surface area (Å²) < 4.78 is 5.41. The number of hydrogen-bond donors (Lipinski definition) is 1. The highest BCUT2D eigenvalue weighted by atomic mass is 16.5. The molecule has 0 amide bonds. The van der Waals surface area contributed by atoms with Gasteiger partial charge < -0.3 is 15.4 Å². The highest BCUT2D eigenvalue weighted by molar-refractivity contribution is 5.33. The van der Waals surface area contributed by atoms with E-state index < -0.39 is 0 Å². The third-order valence-corrected chi connectivity index (χ3v) is 4.19. The molecule has 1 aliphatic rings. The van der Waals surface area contributed by atoms with Gasteiger partial charge in [0, 0.05) is 18.6 Å². The summed E-state index contributed by atoms with van der Waals surface area (Å²) in [6, 6.07) is 9.06. The molecule has 0 bridgehead atoms. The van der Waals surface area contributed by atoms with Gasteiger partial charge in [-0.15, -0.1) is 0 Å². The van der Waals surface area contributed by atoms with Crippen molar-refractivity contribution in [1.82, 2.24) is 4.90 Å². The lowest BCUT2D eigenvalue weighted by Gasteiger charge is -2.28. The number of nitrogens with two attached hydrogens (primary N) is 1. The third-order valence-electron chi connectivity index (χ3n) is 4.19. The van der Waals surface area contributed by atoms with E-state index in [2.05, 4.69) is 31.0 Å². The van der Waals surface area contributed by atoms with Gasteiger partial charge in [-0.05, 0) is 50.8 Å². The first-order valence-corrected chi connectivity index (χ1v) is 7.19. The summed E-state index contributed by atoms with van der Waals surface area (Å²) in [6.45, 7) is 3.24. The molecule has 0 aliphatic heterocycles. The first kappa shape index (κ1) is 14.4. The normalized spacial score (nSPS) is 18.4. The number of hydrogen-bond acceptors (Lipinski definition) is 3. The van der Waals surface area contributed by atoms with Crippen molar-refractivity contribution < 1.29 is 4.74 Å².